The number of aromatic nitrogens is 1. The lowest BCUT2D eigenvalue weighted by atomic mass is 10.1. The number of nitrogens with zero attached hydrogens (tertiary/aromatic N) is 2. The number of hydrogen-bond donors (Lipinski definition) is 0. The van der Waals surface area contributed by atoms with Crippen LogP contribution in [0.3, 0.4) is 0 Å². The third-order valence-corrected chi connectivity index (χ3v) is 2.75. The molecule has 1 aromatic heterocycles. The zero-order valence-corrected chi connectivity index (χ0v) is 9.80. The Kier molecular flexibility index (Phi) is 2.86. The van der Waals surface area contributed by atoms with E-state index in [1.807, 2.05) is 6.07 Å². The molecule has 0 unspecified atom stereocenters. The smallest absolute Gasteiger partial charge is 0.147 e. The van der Waals surface area contributed by atoms with Crippen molar-refractivity contribution in [1.29, 1.82) is 5.26 Å². The summed E-state index contributed by atoms with van der Waals surface area (Å²) in [7, 11) is 1.53. The van der Waals surface area contributed by atoms with Crippen molar-refractivity contribution in [2.45, 2.75) is 0 Å². The molecule has 0 radical (unpaired) electrons. The summed E-state index contributed by atoms with van der Waals surface area (Å²) >= 11 is 11.8. The lowest BCUT2D eigenvalue weighted by Gasteiger charge is -2.05. The molecule has 2 rings (SSSR count). The fourth-order valence-corrected chi connectivity index (χ4v) is 1.81. The molecule has 0 atom stereocenters. The van der Waals surface area contributed by atoms with Gasteiger partial charge in [-0.1, -0.05) is 23.2 Å². The predicted octanol–water partition coefficient (Wildman–Crippen LogP) is 3.42. The van der Waals surface area contributed by atoms with Crippen molar-refractivity contribution in [2.75, 3.05) is 7.11 Å². The van der Waals surface area contributed by atoms with Crippen LogP contribution in [0.5, 0.6) is 5.75 Å². The van der Waals surface area contributed by atoms with Gasteiger partial charge in [-0.2, -0.15) is 5.26 Å². The Morgan fingerprint density at radius 2 is 2.06 bits per heavy atom. The Morgan fingerprint density at radius 3 is 2.69 bits per heavy atom. The first-order valence-electron chi connectivity index (χ1n) is 4.39. The lowest BCUT2D eigenvalue weighted by molar-refractivity contribution is 0.415. The number of rotatable bonds is 1. The molecular formula is C11H6Cl2N2O. The van der Waals surface area contributed by atoms with E-state index in [-0.39, 0.29) is 5.15 Å². The number of pyridine rings is 1. The maximum atomic E-state index is 8.83. The van der Waals surface area contributed by atoms with Crippen molar-refractivity contribution in [2.24, 2.45) is 0 Å². The Bertz CT molecular complexity index is 605. The van der Waals surface area contributed by atoms with Gasteiger partial charge in [0.25, 0.3) is 0 Å². The number of benzene rings is 1. The highest BCUT2D eigenvalue weighted by Crippen LogP contribution is 2.30. The average molecular weight is 253 g/mol. The zero-order valence-electron chi connectivity index (χ0n) is 8.29. The quantitative estimate of drug-likeness (QED) is 0.731. The van der Waals surface area contributed by atoms with Gasteiger partial charge in [-0.05, 0) is 18.2 Å². The molecule has 0 bridgehead atoms. The minimum atomic E-state index is 0.177. The van der Waals surface area contributed by atoms with Crippen LogP contribution in [0.15, 0.2) is 18.2 Å². The Labute approximate surface area is 102 Å². The molecule has 5 heteroatoms. The molecule has 16 heavy (non-hydrogen) atoms. The molecule has 0 fully saturated rings. The van der Waals surface area contributed by atoms with Gasteiger partial charge in [0.15, 0.2) is 0 Å². The van der Waals surface area contributed by atoms with E-state index in [2.05, 4.69) is 4.98 Å². The summed E-state index contributed by atoms with van der Waals surface area (Å²) in [4.78, 5) is 4.09. The number of nitriles is 1. The van der Waals surface area contributed by atoms with Crippen LogP contribution >= 0.6 is 23.2 Å². The van der Waals surface area contributed by atoms with Gasteiger partial charge in [-0.25, -0.2) is 4.98 Å². The molecule has 0 N–H and O–H groups in total. The molecule has 1 aromatic carbocycles. The minimum absolute atomic E-state index is 0.177. The van der Waals surface area contributed by atoms with E-state index in [0.717, 1.165) is 5.39 Å². The number of methoxy groups -OCH3 is 1. The average Bonchev–Trinajstić information content (AvgIpc) is 2.27. The van der Waals surface area contributed by atoms with Gasteiger partial charge in [0, 0.05) is 5.39 Å². The zero-order chi connectivity index (χ0) is 11.7. The van der Waals surface area contributed by atoms with Crippen LogP contribution in [0.25, 0.3) is 10.9 Å². The van der Waals surface area contributed by atoms with E-state index in [4.69, 9.17) is 33.2 Å². The van der Waals surface area contributed by atoms with Crippen LogP contribution < -0.4 is 4.74 Å². The molecule has 0 aliphatic heterocycles. The maximum absolute atomic E-state index is 8.83. The largest absolute Gasteiger partial charge is 0.495 e. The first-order valence-corrected chi connectivity index (χ1v) is 5.15. The third kappa shape index (κ3) is 1.78. The minimum Gasteiger partial charge on any atom is -0.495 e. The summed E-state index contributed by atoms with van der Waals surface area (Å²) in [5.74, 6) is 0.544. The first kappa shape index (κ1) is 11.0. The SMILES string of the molecule is COc1cc2cc(C#N)c(Cl)nc2cc1Cl. The molecule has 0 saturated heterocycles. The van der Waals surface area contributed by atoms with Crippen LogP contribution in [0.1, 0.15) is 5.56 Å². The van der Waals surface area contributed by atoms with E-state index in [1.54, 1.807) is 18.2 Å². The summed E-state index contributed by atoms with van der Waals surface area (Å²) in [6, 6.07) is 7.01. The Hall–Kier alpha value is -1.50. The van der Waals surface area contributed by atoms with Crippen molar-refractivity contribution in [3.63, 3.8) is 0 Å². The normalized spacial score (nSPS) is 10.1. The third-order valence-electron chi connectivity index (χ3n) is 2.16. The van der Waals surface area contributed by atoms with Crippen LogP contribution in [-0.2, 0) is 0 Å². The summed E-state index contributed by atoms with van der Waals surface area (Å²) in [5, 5.41) is 10.2. The standard InChI is InChI=1S/C11H6Cl2N2O/c1-16-10-3-6-2-7(5-14)11(13)15-9(6)4-8(10)12/h2-4H,1H3. The topological polar surface area (TPSA) is 45.9 Å². The van der Waals surface area contributed by atoms with E-state index < -0.39 is 0 Å². The van der Waals surface area contributed by atoms with Crippen molar-refractivity contribution >= 4 is 34.1 Å². The number of ether oxygens (including phenoxy) is 1. The maximum Gasteiger partial charge on any atom is 0.147 e. The van der Waals surface area contributed by atoms with Gasteiger partial charge >= 0.3 is 0 Å². The number of hydrogen-bond acceptors (Lipinski definition) is 3. The van der Waals surface area contributed by atoms with Gasteiger partial charge in [0.1, 0.15) is 17.0 Å². The van der Waals surface area contributed by atoms with Crippen LogP contribution in [0, 0.1) is 11.3 Å². The van der Waals surface area contributed by atoms with Gasteiger partial charge < -0.3 is 4.74 Å². The summed E-state index contributed by atoms with van der Waals surface area (Å²) < 4.78 is 5.08. The fourth-order valence-electron chi connectivity index (χ4n) is 1.39. The summed E-state index contributed by atoms with van der Waals surface area (Å²) in [6.07, 6.45) is 0. The van der Waals surface area contributed by atoms with Crippen LogP contribution in [0.2, 0.25) is 10.2 Å². The highest BCUT2D eigenvalue weighted by atomic mass is 35.5. The molecular weight excluding hydrogens is 247 g/mol. The van der Waals surface area contributed by atoms with Gasteiger partial charge in [0.2, 0.25) is 0 Å². The van der Waals surface area contributed by atoms with Gasteiger partial charge in [0.05, 0.1) is 23.2 Å². The molecule has 3 nitrogen and oxygen atoms in total. The Morgan fingerprint density at radius 1 is 1.31 bits per heavy atom. The molecule has 2 aromatic rings. The summed E-state index contributed by atoms with van der Waals surface area (Å²) in [5.41, 5.74) is 0.966. The Balaban J connectivity index is 2.78. The van der Waals surface area contributed by atoms with Crippen molar-refractivity contribution in [3.05, 3.63) is 33.9 Å². The molecule has 1 heterocycles. The van der Waals surface area contributed by atoms with E-state index in [9.17, 15) is 0 Å². The first-order chi connectivity index (χ1) is 7.65. The monoisotopic (exact) mass is 252 g/mol. The molecule has 0 saturated carbocycles. The second kappa shape index (κ2) is 4.17. The highest BCUT2D eigenvalue weighted by Gasteiger charge is 2.08. The van der Waals surface area contributed by atoms with Crippen molar-refractivity contribution in [1.82, 2.24) is 4.98 Å². The lowest BCUT2D eigenvalue weighted by Crippen LogP contribution is -1.89. The highest BCUT2D eigenvalue weighted by molar-refractivity contribution is 6.33. The number of halogens is 2. The molecule has 0 spiro atoms. The fraction of sp³-hybridized carbons (Fsp3) is 0.0909. The second-order valence-corrected chi connectivity index (χ2v) is 3.88. The molecule has 80 valence electrons. The second-order valence-electron chi connectivity index (χ2n) is 3.12. The van der Waals surface area contributed by atoms with Crippen molar-refractivity contribution in [3.8, 4) is 11.8 Å². The van der Waals surface area contributed by atoms with Gasteiger partial charge in [-0.3, -0.25) is 0 Å². The van der Waals surface area contributed by atoms with Gasteiger partial charge in [-0.15, -0.1) is 0 Å². The molecule has 0 amide bonds. The van der Waals surface area contributed by atoms with Crippen LogP contribution in [-0.4, -0.2) is 12.1 Å². The predicted molar refractivity (Wildman–Crippen MR) is 63.0 cm³/mol. The van der Waals surface area contributed by atoms with E-state index in [1.165, 1.54) is 7.11 Å². The molecule has 0 aliphatic carbocycles. The van der Waals surface area contributed by atoms with E-state index >= 15 is 0 Å². The van der Waals surface area contributed by atoms with Crippen LogP contribution in [0.4, 0.5) is 0 Å². The van der Waals surface area contributed by atoms with Crippen molar-refractivity contribution < 1.29 is 4.74 Å². The summed E-state index contributed by atoms with van der Waals surface area (Å²) in [6.45, 7) is 0. The molecule has 0 aliphatic rings. The number of fused-ring (bicyclic) bond motifs is 1. The van der Waals surface area contributed by atoms with E-state index in [0.29, 0.717) is 21.9 Å².